The van der Waals surface area contributed by atoms with Gasteiger partial charge in [-0.25, -0.2) is 87.8 Å². The summed E-state index contributed by atoms with van der Waals surface area (Å²) in [5, 5.41) is 15.4. The van der Waals surface area contributed by atoms with Crippen LogP contribution in [-0.2, 0) is 6.16 Å². The lowest BCUT2D eigenvalue weighted by atomic mass is 9.12. The molecule has 0 N–H and O–H groups in total. The van der Waals surface area contributed by atoms with Crippen LogP contribution in [0.15, 0.2) is 115 Å². The zero-order chi connectivity index (χ0) is 54.5. The number of nitro groups is 1. The molecule has 8 aromatic carbocycles. The van der Waals surface area contributed by atoms with E-state index in [4.69, 9.17) is 0 Å². The van der Waals surface area contributed by atoms with Gasteiger partial charge in [-0.2, -0.15) is 0 Å². The van der Waals surface area contributed by atoms with Gasteiger partial charge in [0.25, 0.3) is 5.69 Å². The van der Waals surface area contributed by atoms with E-state index in [1.54, 1.807) is 12.1 Å². The van der Waals surface area contributed by atoms with Gasteiger partial charge in [-0.15, -0.1) is 21.9 Å². The van der Waals surface area contributed by atoms with Crippen molar-refractivity contribution in [3.8, 4) is 0 Å². The molecule has 0 radical (unpaired) electrons. The Morgan fingerprint density at radius 3 is 0.743 bits per heavy atom. The first-order chi connectivity index (χ1) is 34.9. The SMILES string of the molecule is Fc1c(F)c(F)c([B-](c2c(F)c(F)c(F)c(F)c2F)(c2c(F)c(F)c(F)c(F)c2F)c2c(F)c(F)c(F)c(F)c2F)c(F)c1F.O=[N+]([O-])c1ccccc1C[P+](c1ccccc1)(c1ccccc1)c1ccccc1. The van der Waals surface area contributed by atoms with Crippen LogP contribution in [0, 0.1) is 126 Å². The van der Waals surface area contributed by atoms with Crippen LogP contribution >= 0.6 is 7.26 Å². The fourth-order valence-corrected chi connectivity index (χ4v) is 13.0. The zero-order valence-corrected chi connectivity index (χ0v) is 36.9. The van der Waals surface area contributed by atoms with E-state index in [1.807, 2.05) is 30.3 Å². The minimum Gasteiger partial charge on any atom is -0.258 e. The number of rotatable bonds is 10. The molecule has 3 nitrogen and oxygen atoms in total. The molecule has 0 spiro atoms. The molecule has 8 aromatic rings. The monoisotopic (exact) mass is 1080 g/mol. The van der Waals surface area contributed by atoms with Crippen molar-refractivity contribution in [2.45, 2.75) is 6.16 Å². The lowest BCUT2D eigenvalue weighted by Crippen LogP contribution is -2.81. The van der Waals surface area contributed by atoms with Crippen LogP contribution in [0.3, 0.4) is 0 Å². The molecule has 0 saturated carbocycles. The largest absolute Gasteiger partial charge is 0.276 e. The molecule has 0 aliphatic heterocycles. The summed E-state index contributed by atoms with van der Waals surface area (Å²) in [5.41, 5.74) is -13.4. The van der Waals surface area contributed by atoms with Crippen molar-refractivity contribution in [3.63, 3.8) is 0 Å². The van der Waals surface area contributed by atoms with Crippen molar-refractivity contribution in [3.05, 3.63) is 247 Å². The summed E-state index contributed by atoms with van der Waals surface area (Å²) < 4.78 is 294. The lowest BCUT2D eigenvalue weighted by Gasteiger charge is -2.44. The molecule has 0 heterocycles. The van der Waals surface area contributed by atoms with Crippen LogP contribution in [0.25, 0.3) is 0 Å². The molecule has 0 aromatic heterocycles. The van der Waals surface area contributed by atoms with Crippen molar-refractivity contribution in [1.29, 1.82) is 0 Å². The molecule has 0 aliphatic carbocycles. The van der Waals surface area contributed by atoms with Gasteiger partial charge in [-0.3, -0.25) is 10.1 Å². The number of para-hydroxylation sites is 1. The first-order valence-electron chi connectivity index (χ1n) is 20.4. The van der Waals surface area contributed by atoms with Crippen LogP contribution in [0.1, 0.15) is 5.56 Å². The van der Waals surface area contributed by atoms with E-state index in [9.17, 15) is 62.8 Å². The molecule has 0 saturated heterocycles. The Morgan fingerprint density at radius 2 is 0.514 bits per heavy atom. The van der Waals surface area contributed by atoms with Crippen molar-refractivity contribution in [2.24, 2.45) is 0 Å². The summed E-state index contributed by atoms with van der Waals surface area (Å²) in [6, 6.07) is 38.4. The number of halogens is 20. The molecule has 0 unspecified atom stereocenters. The Labute approximate surface area is 402 Å². The van der Waals surface area contributed by atoms with Crippen LogP contribution in [-0.4, -0.2) is 11.1 Å². The number of nitrogens with zero attached hydrogens (tertiary/aromatic N) is 1. The standard InChI is InChI=1S/C25H21NO2P.C24BF20/c27-26(28)25-19-11-10-12-21(25)20-29(22-13-4-1-5-14-22,23-15-6-2-7-16-23)24-17-8-3-9-18-24;26-5-1(6(27)14(35)21(42)13(5)34)25(2-7(28)15(36)22(43)16(37)8(2)29,3-9(30)17(38)23(44)18(39)10(3)31)4-11(32)19(40)24(45)20(41)12(4)33/h1-19H,20H2;/q+1;-1. The molecule has 0 aliphatic rings. The molecular formula is C49H21BF20NO2P. The Kier molecular flexibility index (Phi) is 15.1. The van der Waals surface area contributed by atoms with Gasteiger partial charge in [0.2, 0.25) is 0 Å². The van der Waals surface area contributed by atoms with E-state index in [1.165, 1.54) is 15.9 Å². The van der Waals surface area contributed by atoms with Crippen LogP contribution in [0.4, 0.5) is 93.5 Å². The third kappa shape index (κ3) is 8.47. The van der Waals surface area contributed by atoms with Gasteiger partial charge in [-0.1, -0.05) is 66.7 Å². The molecular weight excluding hydrogens is 1060 g/mol. The Hall–Kier alpha value is -7.75. The van der Waals surface area contributed by atoms with Crippen LogP contribution in [0.2, 0.25) is 0 Å². The van der Waals surface area contributed by atoms with Gasteiger partial charge >= 0.3 is 0 Å². The number of nitro benzene ring substituents is 1. The fraction of sp³-hybridized carbons (Fsp3) is 0.0204. The number of benzene rings is 8. The summed E-state index contributed by atoms with van der Waals surface area (Å²) in [6.45, 7) is 0. The highest BCUT2D eigenvalue weighted by molar-refractivity contribution is 7.95. The van der Waals surface area contributed by atoms with Gasteiger partial charge in [-0.05, 0) is 42.5 Å². The highest BCUT2D eigenvalue weighted by Crippen LogP contribution is 2.59. The predicted octanol–water partition coefficient (Wildman–Crippen LogP) is 10.9. The quantitative estimate of drug-likeness (QED) is 0.0261. The Balaban J connectivity index is 0.000000237. The highest BCUT2D eigenvalue weighted by atomic mass is 31.2. The second kappa shape index (κ2) is 20.6. The third-order valence-electron chi connectivity index (χ3n) is 11.9. The maximum Gasteiger partial charge on any atom is 0.276 e. The summed E-state index contributed by atoms with van der Waals surface area (Å²) in [5.74, 6) is -71.4. The third-order valence-corrected chi connectivity index (χ3v) is 16.2. The average Bonchev–Trinajstić information content (AvgIpc) is 3.41. The van der Waals surface area contributed by atoms with E-state index >= 15 is 35.1 Å². The molecule has 0 atom stereocenters. The normalized spacial score (nSPS) is 11.7. The summed E-state index contributed by atoms with van der Waals surface area (Å²) >= 11 is 0. The maximum absolute atomic E-state index is 15.4. The minimum atomic E-state index is -7.22. The van der Waals surface area contributed by atoms with Crippen molar-refractivity contribution in [1.82, 2.24) is 0 Å². The second-order valence-corrected chi connectivity index (χ2v) is 19.1. The van der Waals surface area contributed by atoms with E-state index in [2.05, 4.69) is 72.8 Å². The fourth-order valence-electron chi connectivity index (χ4n) is 8.72. The molecule has 0 bridgehead atoms. The maximum atomic E-state index is 15.4. The number of hydrogen-bond acceptors (Lipinski definition) is 2. The molecule has 382 valence electrons. The smallest absolute Gasteiger partial charge is 0.258 e. The van der Waals surface area contributed by atoms with E-state index in [0.717, 1.165) is 5.56 Å². The van der Waals surface area contributed by atoms with Gasteiger partial charge in [0.05, 0.1) is 10.5 Å². The Morgan fingerprint density at radius 1 is 0.311 bits per heavy atom. The van der Waals surface area contributed by atoms with Crippen molar-refractivity contribution >= 4 is 56.9 Å². The molecule has 8 rings (SSSR count). The molecule has 25 heteroatoms. The minimum absolute atomic E-state index is 0.180. The van der Waals surface area contributed by atoms with Crippen molar-refractivity contribution in [2.75, 3.05) is 0 Å². The van der Waals surface area contributed by atoms with E-state index in [0.29, 0.717) is 6.16 Å². The summed E-state index contributed by atoms with van der Waals surface area (Å²) in [4.78, 5) is 11.5. The Bertz CT molecular complexity index is 3040. The zero-order valence-electron chi connectivity index (χ0n) is 36.0. The van der Waals surface area contributed by atoms with Gasteiger partial charge in [0, 0.05) is 6.07 Å². The molecule has 74 heavy (non-hydrogen) atoms. The van der Waals surface area contributed by atoms with Gasteiger partial charge in [0.15, 0.2) is 69.8 Å². The highest BCUT2D eigenvalue weighted by Gasteiger charge is 2.53. The van der Waals surface area contributed by atoms with Crippen LogP contribution in [0.5, 0.6) is 0 Å². The predicted molar refractivity (Wildman–Crippen MR) is 231 cm³/mol. The van der Waals surface area contributed by atoms with Crippen LogP contribution < -0.4 is 37.8 Å². The summed E-state index contributed by atoms with van der Waals surface area (Å²) in [6.07, 6.45) is -6.62. The average molecular weight is 1080 g/mol. The second-order valence-electron chi connectivity index (χ2n) is 15.7. The lowest BCUT2D eigenvalue weighted by molar-refractivity contribution is -0.385. The van der Waals surface area contributed by atoms with E-state index in [-0.39, 0.29) is 10.6 Å². The first kappa shape index (κ1) is 54.0. The summed E-state index contributed by atoms with van der Waals surface area (Å²) in [7, 11) is -2.15. The van der Waals surface area contributed by atoms with Crippen molar-refractivity contribution < 1.29 is 92.7 Å². The topological polar surface area (TPSA) is 43.1 Å². The molecule has 0 fully saturated rings. The van der Waals surface area contributed by atoms with E-state index < -0.39 is 152 Å². The number of hydrogen-bond donors (Lipinski definition) is 0. The molecule has 0 amide bonds. The van der Waals surface area contributed by atoms with Gasteiger partial charge < -0.3 is 0 Å². The first-order valence-corrected chi connectivity index (χ1v) is 22.4. The van der Waals surface area contributed by atoms with Gasteiger partial charge in [0.1, 0.15) is 82.0 Å².